The molecule has 2 aliphatic rings. The van der Waals surface area contributed by atoms with Crippen LogP contribution in [0.1, 0.15) is 44.8 Å². The summed E-state index contributed by atoms with van der Waals surface area (Å²) < 4.78 is 10.7. The molecule has 0 saturated carbocycles. The fraction of sp³-hybridized carbons (Fsp3) is 0.500. The van der Waals surface area contributed by atoms with Crippen LogP contribution in [0.15, 0.2) is 34.2 Å². The molecule has 0 bridgehead atoms. The van der Waals surface area contributed by atoms with Crippen LogP contribution < -0.4 is 0 Å². The van der Waals surface area contributed by atoms with Crippen molar-refractivity contribution in [1.29, 1.82) is 0 Å². The fourth-order valence-electron chi connectivity index (χ4n) is 3.28. The summed E-state index contributed by atoms with van der Waals surface area (Å²) in [5.41, 5.74) is 2.87. The number of rotatable bonds is 1. The lowest BCUT2D eigenvalue weighted by molar-refractivity contribution is -0.140. The Labute approximate surface area is 100 Å². The van der Waals surface area contributed by atoms with Gasteiger partial charge in [0, 0.05) is 16.6 Å². The predicted octanol–water partition coefficient (Wildman–Crippen LogP) is 3.38. The van der Waals surface area contributed by atoms with Crippen molar-refractivity contribution in [2.75, 3.05) is 0 Å². The molecule has 3 rings (SSSR count). The van der Waals surface area contributed by atoms with E-state index < -0.39 is 0 Å². The highest BCUT2D eigenvalue weighted by Gasteiger charge is 2.52. The van der Waals surface area contributed by atoms with Crippen LogP contribution in [0, 0.1) is 5.41 Å². The number of carbonyl (C=O) groups is 1. The van der Waals surface area contributed by atoms with E-state index in [-0.39, 0.29) is 17.5 Å². The Balaban J connectivity index is 2.11. The van der Waals surface area contributed by atoms with Crippen LogP contribution in [0.2, 0.25) is 0 Å². The maximum atomic E-state index is 12.0. The molecule has 1 saturated heterocycles. The number of cyclic esters (lactones) is 1. The molecule has 2 heterocycles. The lowest BCUT2D eigenvalue weighted by atomic mass is 9.68. The number of ether oxygens (including phenoxy) is 1. The third kappa shape index (κ3) is 1.38. The van der Waals surface area contributed by atoms with E-state index in [1.807, 2.05) is 13.0 Å². The zero-order valence-corrected chi connectivity index (χ0v) is 10.2. The maximum Gasteiger partial charge on any atom is 0.335 e. The van der Waals surface area contributed by atoms with Gasteiger partial charge >= 0.3 is 5.97 Å². The van der Waals surface area contributed by atoms with E-state index in [4.69, 9.17) is 9.15 Å². The van der Waals surface area contributed by atoms with Gasteiger partial charge in [-0.3, -0.25) is 0 Å². The van der Waals surface area contributed by atoms with E-state index in [1.165, 1.54) is 5.57 Å². The number of hydrogen-bond donors (Lipinski definition) is 0. The quantitative estimate of drug-likeness (QED) is 0.697. The lowest BCUT2D eigenvalue weighted by Gasteiger charge is -2.33. The molecule has 1 aromatic rings. The van der Waals surface area contributed by atoms with Crippen molar-refractivity contribution in [2.45, 2.75) is 39.2 Å². The summed E-state index contributed by atoms with van der Waals surface area (Å²) in [6, 6.07) is 1.88. The predicted molar refractivity (Wildman–Crippen MR) is 62.2 cm³/mol. The normalized spacial score (nSPS) is 32.6. The van der Waals surface area contributed by atoms with Crippen LogP contribution in [-0.4, -0.2) is 5.97 Å². The summed E-state index contributed by atoms with van der Waals surface area (Å²) >= 11 is 0. The standard InChI is InChI=1S/C14H16O3/c1-9-4-3-6-14(2)11(9)13(15)17-12(14)10-5-7-16-8-10/h5,7-8,12H,3-4,6H2,1-2H3/t12-,14?/m0/s1. The largest absolute Gasteiger partial charge is 0.472 e. The van der Waals surface area contributed by atoms with Crippen molar-refractivity contribution < 1.29 is 13.9 Å². The summed E-state index contributed by atoms with van der Waals surface area (Å²) in [6.45, 7) is 4.18. The Bertz CT molecular complexity index is 484. The Kier molecular flexibility index (Phi) is 2.18. The second-order valence-electron chi connectivity index (χ2n) is 5.27. The molecular formula is C14H16O3. The molecule has 0 amide bonds. The van der Waals surface area contributed by atoms with Gasteiger partial charge in [-0.15, -0.1) is 0 Å². The maximum absolute atomic E-state index is 12.0. The molecule has 1 fully saturated rings. The summed E-state index contributed by atoms with van der Waals surface area (Å²) in [5.74, 6) is -0.143. The molecule has 0 spiro atoms. The van der Waals surface area contributed by atoms with Gasteiger partial charge in [0.1, 0.15) is 6.10 Å². The lowest BCUT2D eigenvalue weighted by Crippen LogP contribution is -2.26. The van der Waals surface area contributed by atoms with E-state index in [0.29, 0.717) is 0 Å². The molecule has 3 nitrogen and oxygen atoms in total. The monoisotopic (exact) mass is 232 g/mol. The highest BCUT2D eigenvalue weighted by atomic mass is 16.6. The molecule has 3 heteroatoms. The first-order chi connectivity index (χ1) is 8.13. The van der Waals surface area contributed by atoms with E-state index >= 15 is 0 Å². The molecule has 17 heavy (non-hydrogen) atoms. The molecule has 0 radical (unpaired) electrons. The number of fused-ring (bicyclic) bond motifs is 1. The number of esters is 1. The first-order valence-electron chi connectivity index (χ1n) is 6.06. The summed E-state index contributed by atoms with van der Waals surface area (Å²) in [6.07, 6.45) is 6.26. The van der Waals surface area contributed by atoms with Gasteiger partial charge in [-0.1, -0.05) is 12.5 Å². The smallest absolute Gasteiger partial charge is 0.335 e. The van der Waals surface area contributed by atoms with E-state index in [0.717, 1.165) is 30.4 Å². The van der Waals surface area contributed by atoms with Gasteiger partial charge in [0.2, 0.25) is 0 Å². The van der Waals surface area contributed by atoms with Crippen molar-refractivity contribution in [3.05, 3.63) is 35.3 Å². The molecule has 1 aliphatic carbocycles. The number of furan rings is 1. The summed E-state index contributed by atoms with van der Waals surface area (Å²) in [7, 11) is 0. The molecule has 1 aliphatic heterocycles. The Morgan fingerprint density at radius 3 is 3.00 bits per heavy atom. The number of hydrogen-bond acceptors (Lipinski definition) is 3. The first-order valence-corrected chi connectivity index (χ1v) is 6.06. The van der Waals surface area contributed by atoms with E-state index in [9.17, 15) is 4.79 Å². The highest BCUT2D eigenvalue weighted by Crippen LogP contribution is 2.55. The second kappa shape index (κ2) is 3.49. The Morgan fingerprint density at radius 1 is 1.47 bits per heavy atom. The van der Waals surface area contributed by atoms with Gasteiger partial charge in [-0.25, -0.2) is 4.79 Å². The van der Waals surface area contributed by atoms with Gasteiger partial charge in [0.15, 0.2) is 0 Å². The minimum absolute atomic E-state index is 0.143. The van der Waals surface area contributed by atoms with Crippen LogP contribution in [0.3, 0.4) is 0 Å². The minimum atomic E-state index is -0.181. The Morgan fingerprint density at radius 2 is 2.29 bits per heavy atom. The molecule has 2 atom stereocenters. The minimum Gasteiger partial charge on any atom is -0.472 e. The van der Waals surface area contributed by atoms with Crippen molar-refractivity contribution in [2.24, 2.45) is 5.41 Å². The zero-order valence-electron chi connectivity index (χ0n) is 10.2. The SMILES string of the molecule is CC1=C2C(=O)O[C@@H](c3ccoc3)C2(C)CCC1. The van der Waals surface area contributed by atoms with Crippen molar-refractivity contribution in [1.82, 2.24) is 0 Å². The molecule has 0 N–H and O–H groups in total. The fourth-order valence-corrected chi connectivity index (χ4v) is 3.28. The number of carbonyl (C=O) groups excluding carboxylic acids is 1. The topological polar surface area (TPSA) is 39.4 Å². The van der Waals surface area contributed by atoms with Crippen LogP contribution in [0.4, 0.5) is 0 Å². The van der Waals surface area contributed by atoms with Gasteiger partial charge in [0.25, 0.3) is 0 Å². The Hall–Kier alpha value is -1.51. The average Bonchev–Trinajstić information content (AvgIpc) is 2.85. The van der Waals surface area contributed by atoms with Gasteiger partial charge < -0.3 is 9.15 Å². The van der Waals surface area contributed by atoms with Crippen LogP contribution in [-0.2, 0) is 9.53 Å². The molecule has 1 aromatic heterocycles. The molecule has 1 unspecified atom stereocenters. The second-order valence-corrected chi connectivity index (χ2v) is 5.27. The van der Waals surface area contributed by atoms with Gasteiger partial charge in [-0.2, -0.15) is 0 Å². The molecule has 90 valence electrons. The molecule has 0 aromatic carbocycles. The summed E-state index contributed by atoms with van der Waals surface area (Å²) in [5, 5.41) is 0. The van der Waals surface area contributed by atoms with E-state index in [2.05, 4.69) is 6.92 Å². The van der Waals surface area contributed by atoms with E-state index in [1.54, 1.807) is 12.5 Å². The van der Waals surface area contributed by atoms with Gasteiger partial charge in [0.05, 0.1) is 12.5 Å². The van der Waals surface area contributed by atoms with Crippen LogP contribution in [0.25, 0.3) is 0 Å². The van der Waals surface area contributed by atoms with Crippen LogP contribution in [0.5, 0.6) is 0 Å². The highest BCUT2D eigenvalue weighted by molar-refractivity contribution is 5.94. The summed E-state index contributed by atoms with van der Waals surface area (Å²) in [4.78, 5) is 12.0. The van der Waals surface area contributed by atoms with Crippen LogP contribution >= 0.6 is 0 Å². The zero-order chi connectivity index (χ0) is 12.0. The van der Waals surface area contributed by atoms with Crippen molar-refractivity contribution in [3.63, 3.8) is 0 Å². The third-order valence-electron chi connectivity index (χ3n) is 4.10. The van der Waals surface area contributed by atoms with Crippen molar-refractivity contribution >= 4 is 5.97 Å². The van der Waals surface area contributed by atoms with Crippen molar-refractivity contribution in [3.8, 4) is 0 Å². The molecular weight excluding hydrogens is 216 g/mol. The average molecular weight is 232 g/mol. The van der Waals surface area contributed by atoms with Gasteiger partial charge in [-0.05, 0) is 32.3 Å². The third-order valence-corrected chi connectivity index (χ3v) is 4.10. The first kappa shape index (κ1) is 10.6. The number of allylic oxidation sites excluding steroid dienone is 1.